The maximum atomic E-state index is 13.5. The van der Waals surface area contributed by atoms with Gasteiger partial charge >= 0.3 is 0 Å². The Morgan fingerprint density at radius 2 is 2.00 bits per heavy atom. The molecule has 1 aromatic carbocycles. The van der Waals surface area contributed by atoms with Crippen LogP contribution in [0.4, 0.5) is 20.2 Å². The van der Waals surface area contributed by atoms with Gasteiger partial charge in [0.15, 0.2) is 17.3 Å². The van der Waals surface area contributed by atoms with Crippen molar-refractivity contribution in [3.63, 3.8) is 0 Å². The minimum Gasteiger partial charge on any atom is -0.368 e. The number of anilines is 1. The molecule has 0 atom stereocenters. The molecular weight excluding hydrogens is 248 g/mol. The van der Waals surface area contributed by atoms with Gasteiger partial charge in [-0.05, 0) is 19.9 Å². The molecular formula is C10H11F2N3O3. The predicted molar refractivity (Wildman–Crippen MR) is 59.9 cm³/mol. The summed E-state index contributed by atoms with van der Waals surface area (Å²) in [5.41, 5.74) is 2.20. The second kappa shape index (κ2) is 4.55. The standard InChI is InChI=1S/C10H11F2N3O3/c1-10(2,9(13)16)14-8-6(15(17)18)4-3-5(11)7(8)12/h3-4,14H,1-2H3,(H2,13,16). The van der Waals surface area contributed by atoms with E-state index in [1.165, 1.54) is 13.8 Å². The van der Waals surface area contributed by atoms with Crippen LogP contribution in [0.25, 0.3) is 0 Å². The Morgan fingerprint density at radius 3 is 2.44 bits per heavy atom. The molecule has 1 rings (SSSR count). The van der Waals surface area contributed by atoms with Gasteiger partial charge in [-0.3, -0.25) is 14.9 Å². The summed E-state index contributed by atoms with van der Waals surface area (Å²) in [4.78, 5) is 20.9. The van der Waals surface area contributed by atoms with E-state index in [2.05, 4.69) is 5.32 Å². The molecule has 18 heavy (non-hydrogen) atoms. The van der Waals surface area contributed by atoms with Crippen LogP contribution in [0.2, 0.25) is 0 Å². The van der Waals surface area contributed by atoms with Gasteiger partial charge in [-0.15, -0.1) is 0 Å². The first-order valence-corrected chi connectivity index (χ1v) is 4.87. The van der Waals surface area contributed by atoms with E-state index in [1.54, 1.807) is 0 Å². The van der Waals surface area contributed by atoms with Crippen molar-refractivity contribution < 1.29 is 18.5 Å². The number of hydrogen-bond acceptors (Lipinski definition) is 4. The van der Waals surface area contributed by atoms with Crippen molar-refractivity contribution in [1.82, 2.24) is 0 Å². The Bertz CT molecular complexity index is 517. The number of primary amides is 1. The number of amides is 1. The Morgan fingerprint density at radius 1 is 1.44 bits per heavy atom. The molecule has 0 saturated carbocycles. The summed E-state index contributed by atoms with van der Waals surface area (Å²) in [5.74, 6) is -3.55. The molecule has 0 unspecified atom stereocenters. The summed E-state index contributed by atoms with van der Waals surface area (Å²) in [6.07, 6.45) is 0. The van der Waals surface area contributed by atoms with Crippen LogP contribution in [-0.4, -0.2) is 16.4 Å². The molecule has 0 radical (unpaired) electrons. The average molecular weight is 259 g/mol. The van der Waals surface area contributed by atoms with Crippen molar-refractivity contribution in [2.24, 2.45) is 5.73 Å². The highest BCUT2D eigenvalue weighted by Gasteiger charge is 2.31. The Labute approximate surface area is 101 Å². The predicted octanol–water partition coefficient (Wildman–Crippen LogP) is 1.55. The van der Waals surface area contributed by atoms with E-state index in [0.717, 1.165) is 6.07 Å². The van der Waals surface area contributed by atoms with E-state index in [0.29, 0.717) is 6.07 Å². The van der Waals surface area contributed by atoms with Gasteiger partial charge in [0.25, 0.3) is 5.69 Å². The van der Waals surface area contributed by atoms with Crippen molar-refractivity contribution in [2.75, 3.05) is 5.32 Å². The van der Waals surface area contributed by atoms with Crippen LogP contribution >= 0.6 is 0 Å². The molecule has 0 spiro atoms. The zero-order valence-electron chi connectivity index (χ0n) is 9.66. The van der Waals surface area contributed by atoms with Crippen LogP contribution in [-0.2, 0) is 4.79 Å². The highest BCUT2D eigenvalue weighted by molar-refractivity contribution is 5.87. The fourth-order valence-electron chi connectivity index (χ4n) is 1.19. The quantitative estimate of drug-likeness (QED) is 0.633. The molecule has 1 amide bonds. The first-order chi connectivity index (χ1) is 8.16. The molecule has 0 fully saturated rings. The van der Waals surface area contributed by atoms with E-state index in [9.17, 15) is 23.7 Å². The number of nitro benzene ring substituents is 1. The Hall–Kier alpha value is -2.25. The fraction of sp³-hybridized carbons (Fsp3) is 0.300. The number of nitrogens with zero attached hydrogens (tertiary/aromatic N) is 1. The van der Waals surface area contributed by atoms with Gasteiger partial charge in [-0.1, -0.05) is 0 Å². The number of nitrogens with one attached hydrogen (secondary N) is 1. The van der Waals surface area contributed by atoms with E-state index >= 15 is 0 Å². The lowest BCUT2D eigenvalue weighted by Gasteiger charge is -2.23. The van der Waals surface area contributed by atoms with Crippen molar-refractivity contribution in [3.05, 3.63) is 33.9 Å². The number of carbonyl (C=O) groups excluding carboxylic acids is 1. The second-order valence-electron chi connectivity index (χ2n) is 4.13. The lowest BCUT2D eigenvalue weighted by Crippen LogP contribution is -2.45. The third-order valence-electron chi connectivity index (χ3n) is 2.32. The number of rotatable bonds is 4. The molecule has 0 aliphatic carbocycles. The average Bonchev–Trinajstić information content (AvgIpc) is 2.24. The van der Waals surface area contributed by atoms with Crippen LogP contribution in [0, 0.1) is 21.7 Å². The first kappa shape index (κ1) is 13.8. The largest absolute Gasteiger partial charge is 0.368 e. The van der Waals surface area contributed by atoms with Gasteiger partial charge in [-0.2, -0.15) is 0 Å². The first-order valence-electron chi connectivity index (χ1n) is 4.87. The lowest BCUT2D eigenvalue weighted by molar-refractivity contribution is -0.384. The van der Waals surface area contributed by atoms with Gasteiger partial charge in [0.05, 0.1) is 4.92 Å². The normalized spacial score (nSPS) is 11.1. The number of nitro groups is 1. The molecule has 0 aliphatic rings. The van der Waals surface area contributed by atoms with Gasteiger partial charge in [-0.25, -0.2) is 8.78 Å². The fourth-order valence-corrected chi connectivity index (χ4v) is 1.19. The van der Waals surface area contributed by atoms with E-state index in [4.69, 9.17) is 5.73 Å². The minimum absolute atomic E-state index is 0.635. The Kier molecular flexibility index (Phi) is 3.49. The SMILES string of the molecule is CC(C)(Nc1c([N+](=O)[O-])ccc(F)c1F)C(N)=O. The smallest absolute Gasteiger partial charge is 0.295 e. The second-order valence-corrected chi connectivity index (χ2v) is 4.13. The van der Waals surface area contributed by atoms with Crippen molar-refractivity contribution >= 4 is 17.3 Å². The number of hydrogen-bond donors (Lipinski definition) is 2. The van der Waals surface area contributed by atoms with Gasteiger partial charge in [0, 0.05) is 6.07 Å². The van der Waals surface area contributed by atoms with Crippen LogP contribution in [0.3, 0.4) is 0 Å². The van der Waals surface area contributed by atoms with Crippen molar-refractivity contribution in [2.45, 2.75) is 19.4 Å². The lowest BCUT2D eigenvalue weighted by atomic mass is 10.0. The number of halogens is 2. The highest BCUT2D eigenvalue weighted by atomic mass is 19.2. The molecule has 0 heterocycles. The van der Waals surface area contributed by atoms with Crippen molar-refractivity contribution in [1.29, 1.82) is 0 Å². The molecule has 1 aromatic rings. The molecule has 0 aliphatic heterocycles. The third-order valence-corrected chi connectivity index (χ3v) is 2.32. The van der Waals surface area contributed by atoms with E-state index in [1.807, 2.05) is 0 Å². The number of nitrogens with two attached hydrogens (primary N) is 1. The van der Waals surface area contributed by atoms with E-state index in [-0.39, 0.29) is 0 Å². The van der Waals surface area contributed by atoms with Crippen LogP contribution in [0.15, 0.2) is 12.1 Å². The van der Waals surface area contributed by atoms with Crippen LogP contribution < -0.4 is 11.1 Å². The molecule has 0 saturated heterocycles. The summed E-state index contributed by atoms with van der Waals surface area (Å²) >= 11 is 0. The number of carbonyl (C=O) groups is 1. The van der Waals surface area contributed by atoms with E-state index < -0.39 is 39.4 Å². The zero-order valence-corrected chi connectivity index (χ0v) is 9.66. The topological polar surface area (TPSA) is 98.3 Å². The highest BCUT2D eigenvalue weighted by Crippen LogP contribution is 2.31. The number of benzene rings is 1. The molecule has 8 heteroatoms. The van der Waals surface area contributed by atoms with Crippen LogP contribution in [0.5, 0.6) is 0 Å². The van der Waals surface area contributed by atoms with Gasteiger partial charge in [0.1, 0.15) is 5.54 Å². The van der Waals surface area contributed by atoms with Gasteiger partial charge in [0.2, 0.25) is 5.91 Å². The molecule has 6 nitrogen and oxygen atoms in total. The minimum atomic E-state index is -1.46. The van der Waals surface area contributed by atoms with Crippen LogP contribution in [0.1, 0.15) is 13.8 Å². The monoisotopic (exact) mass is 259 g/mol. The summed E-state index contributed by atoms with van der Waals surface area (Å²) in [6, 6.07) is 1.44. The summed E-state index contributed by atoms with van der Waals surface area (Å²) in [5, 5.41) is 12.9. The Balaban J connectivity index is 3.34. The summed E-state index contributed by atoms with van der Waals surface area (Å²) < 4.78 is 26.6. The maximum Gasteiger partial charge on any atom is 0.295 e. The molecule has 98 valence electrons. The molecule has 0 bridgehead atoms. The molecule has 3 N–H and O–H groups in total. The van der Waals surface area contributed by atoms with Gasteiger partial charge < -0.3 is 11.1 Å². The zero-order chi connectivity index (χ0) is 14.1. The summed E-state index contributed by atoms with van der Waals surface area (Å²) in [7, 11) is 0. The third kappa shape index (κ3) is 2.53. The van der Waals surface area contributed by atoms with Crippen molar-refractivity contribution in [3.8, 4) is 0 Å². The summed E-state index contributed by atoms with van der Waals surface area (Å²) in [6.45, 7) is 2.59. The maximum absolute atomic E-state index is 13.5. The molecule has 0 aromatic heterocycles.